The third kappa shape index (κ3) is 3.75. The number of hydrogen-bond acceptors (Lipinski definition) is 6. The lowest BCUT2D eigenvalue weighted by molar-refractivity contribution is -0.388. The molecule has 1 aliphatic heterocycles. The number of rotatable bonds is 5. The van der Waals surface area contributed by atoms with Crippen molar-refractivity contribution in [1.29, 1.82) is 0 Å². The standard InChI is InChI=1S/C16H19N5O4S/c1-18-13-17-15(21(22)23)16(18)19-8-10-20(11-9-19)26(24,25)12-7-14-5-3-2-4-6-14/h2-7,12-13H,8-11H2,1H3. The number of nitro groups is 1. The molecule has 0 spiro atoms. The van der Waals surface area contributed by atoms with Crippen LogP contribution >= 0.6 is 0 Å². The molecule has 1 aromatic carbocycles. The molecule has 0 N–H and O–H groups in total. The van der Waals surface area contributed by atoms with E-state index in [1.165, 1.54) is 16.0 Å². The summed E-state index contributed by atoms with van der Waals surface area (Å²) in [6, 6.07) is 9.19. The maximum absolute atomic E-state index is 12.5. The van der Waals surface area contributed by atoms with E-state index in [4.69, 9.17) is 0 Å². The number of imidazole rings is 1. The molecule has 1 saturated heterocycles. The van der Waals surface area contributed by atoms with E-state index in [0.29, 0.717) is 18.9 Å². The molecule has 0 saturated carbocycles. The SMILES string of the molecule is Cn1cnc([N+](=O)[O-])c1N1CCN(S(=O)(=O)C=Cc2ccccc2)CC1. The highest BCUT2D eigenvalue weighted by molar-refractivity contribution is 7.92. The zero-order valence-electron chi connectivity index (χ0n) is 14.2. The van der Waals surface area contributed by atoms with Crippen molar-refractivity contribution in [3.8, 4) is 0 Å². The third-order valence-corrected chi connectivity index (χ3v) is 5.76. The number of benzene rings is 1. The van der Waals surface area contributed by atoms with Crippen molar-refractivity contribution in [1.82, 2.24) is 13.9 Å². The molecular weight excluding hydrogens is 358 g/mol. The highest BCUT2D eigenvalue weighted by Gasteiger charge is 2.31. The molecule has 26 heavy (non-hydrogen) atoms. The van der Waals surface area contributed by atoms with Gasteiger partial charge in [0.15, 0.2) is 0 Å². The molecule has 0 unspecified atom stereocenters. The zero-order valence-corrected chi connectivity index (χ0v) is 15.0. The van der Waals surface area contributed by atoms with Crippen LogP contribution in [0.3, 0.4) is 0 Å². The van der Waals surface area contributed by atoms with Crippen LogP contribution in [0.2, 0.25) is 0 Å². The van der Waals surface area contributed by atoms with Crippen LogP contribution in [0.5, 0.6) is 0 Å². The van der Waals surface area contributed by atoms with Crippen LogP contribution in [-0.2, 0) is 17.1 Å². The summed E-state index contributed by atoms with van der Waals surface area (Å²) < 4.78 is 27.9. The Labute approximate surface area is 151 Å². The van der Waals surface area contributed by atoms with Gasteiger partial charge in [0.05, 0.1) is 0 Å². The van der Waals surface area contributed by atoms with Gasteiger partial charge in [-0.1, -0.05) is 30.3 Å². The number of hydrogen-bond donors (Lipinski definition) is 0. The Kier molecular flexibility index (Phi) is 5.05. The molecule has 1 aromatic heterocycles. The Morgan fingerprint density at radius 2 is 1.81 bits per heavy atom. The van der Waals surface area contributed by atoms with Crippen molar-refractivity contribution in [2.24, 2.45) is 7.05 Å². The molecule has 2 heterocycles. The van der Waals surface area contributed by atoms with Crippen molar-refractivity contribution < 1.29 is 13.3 Å². The van der Waals surface area contributed by atoms with Gasteiger partial charge in [-0.15, -0.1) is 0 Å². The van der Waals surface area contributed by atoms with E-state index in [9.17, 15) is 18.5 Å². The summed E-state index contributed by atoms with van der Waals surface area (Å²) in [5.74, 6) is 0.180. The average Bonchev–Trinajstić information content (AvgIpc) is 3.03. The van der Waals surface area contributed by atoms with E-state index in [1.807, 2.05) is 30.3 Å². The predicted octanol–water partition coefficient (Wildman–Crippen LogP) is 1.45. The first-order valence-corrected chi connectivity index (χ1v) is 9.53. The van der Waals surface area contributed by atoms with E-state index in [0.717, 1.165) is 5.56 Å². The van der Waals surface area contributed by atoms with Crippen LogP contribution < -0.4 is 4.90 Å². The van der Waals surface area contributed by atoms with Gasteiger partial charge in [0.1, 0.15) is 0 Å². The van der Waals surface area contributed by atoms with Crippen LogP contribution in [0.25, 0.3) is 6.08 Å². The highest BCUT2D eigenvalue weighted by atomic mass is 32.2. The Bertz CT molecular complexity index is 915. The maximum atomic E-state index is 12.5. The second kappa shape index (κ2) is 7.26. The van der Waals surface area contributed by atoms with Gasteiger partial charge < -0.3 is 15.0 Å². The first-order valence-electron chi connectivity index (χ1n) is 8.02. The van der Waals surface area contributed by atoms with Gasteiger partial charge in [-0.2, -0.15) is 4.31 Å². The topological polar surface area (TPSA) is 102 Å². The summed E-state index contributed by atoms with van der Waals surface area (Å²) in [4.78, 5) is 16.2. The zero-order chi connectivity index (χ0) is 18.7. The first-order chi connectivity index (χ1) is 12.4. The lowest BCUT2D eigenvalue weighted by atomic mass is 10.2. The predicted molar refractivity (Wildman–Crippen MR) is 98.0 cm³/mol. The molecule has 1 fully saturated rings. The molecule has 0 amide bonds. The molecule has 0 bridgehead atoms. The summed E-state index contributed by atoms with van der Waals surface area (Å²) in [6.45, 7) is 1.23. The molecular formula is C16H19N5O4S. The van der Waals surface area contributed by atoms with Crippen molar-refractivity contribution >= 4 is 27.7 Å². The molecule has 3 rings (SSSR count). The monoisotopic (exact) mass is 377 g/mol. The number of aryl methyl sites for hydroxylation is 1. The van der Waals surface area contributed by atoms with Crippen molar-refractivity contribution in [3.05, 3.63) is 57.7 Å². The van der Waals surface area contributed by atoms with Crippen LogP contribution in [0.4, 0.5) is 11.6 Å². The number of piperazine rings is 1. The second-order valence-electron chi connectivity index (χ2n) is 5.90. The fraction of sp³-hybridized carbons (Fsp3) is 0.312. The largest absolute Gasteiger partial charge is 0.406 e. The molecule has 0 aliphatic carbocycles. The lowest BCUT2D eigenvalue weighted by Gasteiger charge is -2.33. The van der Waals surface area contributed by atoms with Gasteiger partial charge in [0, 0.05) is 38.6 Å². The smallest absolute Gasteiger partial charge is 0.358 e. The van der Waals surface area contributed by atoms with Gasteiger partial charge in [-0.05, 0) is 21.5 Å². The van der Waals surface area contributed by atoms with Gasteiger partial charge in [-0.25, -0.2) is 8.42 Å². The quantitative estimate of drug-likeness (QED) is 0.577. The minimum atomic E-state index is -3.54. The van der Waals surface area contributed by atoms with Crippen molar-refractivity contribution in [3.63, 3.8) is 0 Å². The normalized spacial score (nSPS) is 16.3. The van der Waals surface area contributed by atoms with Crippen LogP contribution in [0.15, 0.2) is 42.1 Å². The van der Waals surface area contributed by atoms with Gasteiger partial charge in [0.25, 0.3) is 0 Å². The fourth-order valence-electron chi connectivity index (χ4n) is 2.87. The lowest BCUT2D eigenvalue weighted by Crippen LogP contribution is -2.48. The van der Waals surface area contributed by atoms with Gasteiger partial charge in [0.2, 0.25) is 22.2 Å². The van der Waals surface area contributed by atoms with Crippen LogP contribution in [0.1, 0.15) is 5.56 Å². The number of sulfonamides is 1. The van der Waals surface area contributed by atoms with Crippen LogP contribution in [-0.4, -0.2) is 53.4 Å². The molecule has 138 valence electrons. The highest BCUT2D eigenvalue weighted by Crippen LogP contribution is 2.27. The fourth-order valence-corrected chi connectivity index (χ4v) is 4.05. The first kappa shape index (κ1) is 18.1. The molecule has 1 aliphatic rings. The third-order valence-electron chi connectivity index (χ3n) is 4.19. The average molecular weight is 377 g/mol. The molecule has 10 heteroatoms. The van der Waals surface area contributed by atoms with E-state index in [2.05, 4.69) is 4.98 Å². The Hall–Kier alpha value is -2.72. The summed E-state index contributed by atoms with van der Waals surface area (Å²) in [7, 11) is -1.86. The second-order valence-corrected chi connectivity index (χ2v) is 7.72. The van der Waals surface area contributed by atoms with Crippen molar-refractivity contribution in [2.45, 2.75) is 0 Å². The minimum Gasteiger partial charge on any atom is -0.358 e. The number of aromatic nitrogens is 2. The summed E-state index contributed by atoms with van der Waals surface area (Å²) in [5, 5.41) is 12.3. The van der Waals surface area contributed by atoms with E-state index in [1.54, 1.807) is 22.6 Å². The van der Waals surface area contributed by atoms with Crippen molar-refractivity contribution in [2.75, 3.05) is 31.1 Å². The Balaban J connectivity index is 1.69. The van der Waals surface area contributed by atoms with Crippen LogP contribution in [0, 0.1) is 10.1 Å². The molecule has 2 aromatic rings. The number of nitrogens with zero attached hydrogens (tertiary/aromatic N) is 5. The van der Waals surface area contributed by atoms with Gasteiger partial charge >= 0.3 is 5.82 Å². The maximum Gasteiger partial charge on any atom is 0.406 e. The molecule has 9 nitrogen and oxygen atoms in total. The van der Waals surface area contributed by atoms with E-state index >= 15 is 0 Å². The molecule has 0 radical (unpaired) electrons. The molecule has 0 atom stereocenters. The summed E-state index contributed by atoms with van der Waals surface area (Å²) in [5.41, 5.74) is 0.806. The Morgan fingerprint density at radius 1 is 1.15 bits per heavy atom. The van der Waals surface area contributed by atoms with E-state index < -0.39 is 14.9 Å². The van der Waals surface area contributed by atoms with E-state index in [-0.39, 0.29) is 18.9 Å². The summed E-state index contributed by atoms with van der Waals surface area (Å²) in [6.07, 6.45) is 2.95. The summed E-state index contributed by atoms with van der Waals surface area (Å²) >= 11 is 0. The Morgan fingerprint density at radius 3 is 2.42 bits per heavy atom. The minimum absolute atomic E-state index is 0.215. The van der Waals surface area contributed by atoms with Gasteiger partial charge in [-0.3, -0.25) is 4.57 Å². The number of anilines is 1.